The maximum Gasteiger partial charge on any atom is 0.178 e. The molecule has 0 bridgehead atoms. The van der Waals surface area contributed by atoms with Crippen molar-refractivity contribution >= 4 is 17.4 Å². The summed E-state index contributed by atoms with van der Waals surface area (Å²) in [6, 6.07) is 5.62. The van der Waals surface area contributed by atoms with E-state index in [0.717, 1.165) is 31.6 Å². The second-order valence-corrected chi connectivity index (χ2v) is 6.07. The van der Waals surface area contributed by atoms with Crippen LogP contribution in [0.5, 0.6) is 0 Å². The zero-order valence-electron chi connectivity index (χ0n) is 11.3. The minimum Gasteiger partial charge on any atom is -0.296 e. The molecule has 2 heterocycles. The molecule has 108 valence electrons. The van der Waals surface area contributed by atoms with Crippen molar-refractivity contribution in [3.8, 4) is 0 Å². The second-order valence-electron chi connectivity index (χ2n) is 5.67. The normalized spacial score (nSPS) is 24.0. The van der Waals surface area contributed by atoms with Crippen molar-refractivity contribution in [2.45, 2.75) is 18.9 Å². The molecule has 0 radical (unpaired) electrons. The van der Waals surface area contributed by atoms with Gasteiger partial charge in [-0.1, -0.05) is 28.9 Å². The minimum atomic E-state index is -0.0447. The Hall–Kier alpha value is -1.79. The van der Waals surface area contributed by atoms with Crippen molar-refractivity contribution < 1.29 is 4.79 Å². The molecule has 2 atom stereocenters. The van der Waals surface area contributed by atoms with E-state index in [4.69, 9.17) is 11.6 Å². The van der Waals surface area contributed by atoms with Crippen LogP contribution in [0.3, 0.4) is 0 Å². The first-order chi connectivity index (χ1) is 10.2. The van der Waals surface area contributed by atoms with Crippen LogP contribution in [0.25, 0.3) is 0 Å². The number of carbonyl (C=O) groups excluding carboxylic acids is 1. The SMILES string of the molecule is O=C(c1ccc(CN2CC2)c(Cl)c1)[C@H]1C[C@@H]1c1nn[nH]n1. The van der Waals surface area contributed by atoms with Gasteiger partial charge in [0.05, 0.1) is 0 Å². The van der Waals surface area contributed by atoms with Gasteiger partial charge in [0.25, 0.3) is 0 Å². The van der Waals surface area contributed by atoms with Gasteiger partial charge in [-0.3, -0.25) is 9.69 Å². The first kappa shape index (κ1) is 12.9. The summed E-state index contributed by atoms with van der Waals surface area (Å²) in [5, 5.41) is 14.5. The summed E-state index contributed by atoms with van der Waals surface area (Å²) in [7, 11) is 0. The number of halogens is 1. The number of nitrogens with zero attached hydrogens (tertiary/aromatic N) is 4. The van der Waals surface area contributed by atoms with E-state index in [1.165, 1.54) is 0 Å². The maximum absolute atomic E-state index is 12.5. The number of hydrogen-bond donors (Lipinski definition) is 1. The molecular weight excluding hydrogens is 290 g/mol. The van der Waals surface area contributed by atoms with E-state index >= 15 is 0 Å². The van der Waals surface area contributed by atoms with Gasteiger partial charge in [0.15, 0.2) is 11.6 Å². The minimum absolute atomic E-state index is 0.0447. The summed E-state index contributed by atoms with van der Waals surface area (Å²) in [6.45, 7) is 3.12. The van der Waals surface area contributed by atoms with Gasteiger partial charge in [-0.05, 0) is 18.1 Å². The van der Waals surface area contributed by atoms with Crippen LogP contribution in [-0.2, 0) is 6.54 Å². The Labute approximate surface area is 126 Å². The third-order valence-electron chi connectivity index (χ3n) is 4.09. The Kier molecular flexibility index (Phi) is 3.01. The van der Waals surface area contributed by atoms with E-state index in [-0.39, 0.29) is 17.6 Å². The average molecular weight is 304 g/mol. The number of aromatic nitrogens is 4. The van der Waals surface area contributed by atoms with Gasteiger partial charge in [0.1, 0.15) is 0 Å². The third-order valence-corrected chi connectivity index (χ3v) is 4.44. The highest BCUT2D eigenvalue weighted by Crippen LogP contribution is 2.47. The van der Waals surface area contributed by atoms with Crippen molar-refractivity contribution in [3.05, 3.63) is 40.2 Å². The van der Waals surface area contributed by atoms with E-state index in [1.54, 1.807) is 6.07 Å². The molecular formula is C14H14ClN5O. The van der Waals surface area contributed by atoms with Crippen molar-refractivity contribution in [2.75, 3.05) is 13.1 Å². The number of rotatable bonds is 5. The Morgan fingerprint density at radius 1 is 1.43 bits per heavy atom. The van der Waals surface area contributed by atoms with E-state index in [1.807, 2.05) is 12.1 Å². The van der Waals surface area contributed by atoms with Crippen LogP contribution >= 0.6 is 11.6 Å². The molecule has 1 saturated heterocycles. The number of nitrogens with one attached hydrogen (secondary N) is 1. The fourth-order valence-electron chi connectivity index (χ4n) is 2.61. The van der Waals surface area contributed by atoms with Gasteiger partial charge in [-0.15, -0.1) is 10.2 Å². The van der Waals surface area contributed by atoms with E-state index in [0.29, 0.717) is 16.4 Å². The molecule has 1 aliphatic heterocycles. The Balaban J connectivity index is 1.48. The predicted molar refractivity (Wildman–Crippen MR) is 76.1 cm³/mol. The van der Waals surface area contributed by atoms with E-state index < -0.39 is 0 Å². The van der Waals surface area contributed by atoms with Gasteiger partial charge in [-0.25, -0.2) is 0 Å². The molecule has 7 heteroatoms. The van der Waals surface area contributed by atoms with Crippen molar-refractivity contribution in [1.29, 1.82) is 0 Å². The van der Waals surface area contributed by atoms with Crippen LogP contribution in [0.4, 0.5) is 0 Å². The smallest absolute Gasteiger partial charge is 0.178 e. The largest absolute Gasteiger partial charge is 0.296 e. The number of tetrazole rings is 1. The molecule has 1 saturated carbocycles. The highest BCUT2D eigenvalue weighted by atomic mass is 35.5. The Morgan fingerprint density at radius 3 is 2.95 bits per heavy atom. The van der Waals surface area contributed by atoms with Crippen LogP contribution in [0.2, 0.25) is 5.02 Å². The van der Waals surface area contributed by atoms with Gasteiger partial charge >= 0.3 is 0 Å². The van der Waals surface area contributed by atoms with Gasteiger partial charge in [0, 0.05) is 42.1 Å². The summed E-state index contributed by atoms with van der Waals surface area (Å²) in [5.41, 5.74) is 1.75. The van der Waals surface area contributed by atoms with Crippen molar-refractivity contribution in [2.24, 2.45) is 5.92 Å². The molecule has 0 amide bonds. The lowest BCUT2D eigenvalue weighted by Gasteiger charge is -2.07. The second kappa shape index (κ2) is 4.89. The number of benzene rings is 1. The number of ketones is 1. The third kappa shape index (κ3) is 2.56. The number of hydrogen-bond acceptors (Lipinski definition) is 5. The Bertz CT molecular complexity index is 683. The predicted octanol–water partition coefficient (Wildman–Crippen LogP) is 1.66. The van der Waals surface area contributed by atoms with E-state index in [2.05, 4.69) is 25.5 Å². The zero-order valence-corrected chi connectivity index (χ0v) is 12.0. The van der Waals surface area contributed by atoms with Crippen LogP contribution in [0.15, 0.2) is 18.2 Å². The maximum atomic E-state index is 12.5. The van der Waals surface area contributed by atoms with Gasteiger partial charge in [0.2, 0.25) is 0 Å². The molecule has 2 fully saturated rings. The topological polar surface area (TPSA) is 74.5 Å². The lowest BCUT2D eigenvalue weighted by molar-refractivity contribution is 0.0965. The number of H-pyrrole nitrogens is 1. The number of aromatic amines is 1. The number of Topliss-reactive ketones (excluding diaryl/α,β-unsaturated/α-hetero) is 1. The molecule has 2 aliphatic rings. The molecule has 1 aromatic heterocycles. The molecule has 21 heavy (non-hydrogen) atoms. The lowest BCUT2D eigenvalue weighted by Crippen LogP contribution is -2.05. The fourth-order valence-corrected chi connectivity index (χ4v) is 2.85. The van der Waals surface area contributed by atoms with Crippen LogP contribution in [0.1, 0.15) is 34.1 Å². The van der Waals surface area contributed by atoms with Crippen molar-refractivity contribution in [1.82, 2.24) is 25.5 Å². The average Bonchev–Trinajstić information content (AvgIpc) is 3.41. The van der Waals surface area contributed by atoms with Gasteiger partial charge < -0.3 is 0 Å². The summed E-state index contributed by atoms with van der Waals surface area (Å²) >= 11 is 6.29. The molecule has 6 nitrogen and oxygen atoms in total. The Morgan fingerprint density at radius 2 is 2.29 bits per heavy atom. The van der Waals surface area contributed by atoms with E-state index in [9.17, 15) is 4.79 Å². The van der Waals surface area contributed by atoms with Crippen LogP contribution in [-0.4, -0.2) is 44.4 Å². The molecule has 1 aromatic carbocycles. The van der Waals surface area contributed by atoms with Crippen molar-refractivity contribution in [3.63, 3.8) is 0 Å². The highest BCUT2D eigenvalue weighted by Gasteiger charge is 2.46. The standard InChI is InChI=1S/C14H14ClN5O/c15-12-5-8(1-2-9(12)7-20-3-4-20)13(21)10-6-11(10)14-16-18-19-17-14/h1-2,5,10-11H,3-4,6-7H2,(H,16,17,18,19)/t10-,11-/m0/s1. The van der Waals surface area contributed by atoms with Crippen LogP contribution in [0, 0.1) is 5.92 Å². The molecule has 1 aliphatic carbocycles. The summed E-state index contributed by atoms with van der Waals surface area (Å²) in [4.78, 5) is 14.7. The molecule has 1 N–H and O–H groups in total. The molecule has 4 rings (SSSR count). The monoisotopic (exact) mass is 303 g/mol. The first-order valence-corrected chi connectivity index (χ1v) is 7.38. The molecule has 0 spiro atoms. The summed E-state index contributed by atoms with van der Waals surface area (Å²) in [5.74, 6) is 0.784. The highest BCUT2D eigenvalue weighted by molar-refractivity contribution is 6.31. The lowest BCUT2D eigenvalue weighted by atomic mass is 10.0. The molecule has 2 aromatic rings. The first-order valence-electron chi connectivity index (χ1n) is 7.00. The zero-order chi connectivity index (χ0) is 14.4. The fraction of sp³-hybridized carbons (Fsp3) is 0.429. The summed E-state index contributed by atoms with van der Waals surface area (Å²) < 4.78 is 0. The summed E-state index contributed by atoms with van der Waals surface area (Å²) in [6.07, 6.45) is 0.783. The quantitative estimate of drug-likeness (QED) is 0.671. The molecule has 0 unspecified atom stereocenters. The number of carbonyl (C=O) groups is 1. The van der Waals surface area contributed by atoms with Gasteiger partial charge in [-0.2, -0.15) is 5.21 Å². The van der Waals surface area contributed by atoms with Crippen LogP contribution < -0.4 is 0 Å².